The van der Waals surface area contributed by atoms with Crippen LogP contribution in [0.25, 0.3) is 0 Å². The second kappa shape index (κ2) is 8.49. The molecular formula is C20H28BN5O5S. The number of anilines is 1. The second-order valence-electron chi connectivity index (χ2n) is 9.08. The van der Waals surface area contributed by atoms with Gasteiger partial charge in [-0.15, -0.1) is 0 Å². The maximum atomic E-state index is 12.7. The second-order valence-corrected chi connectivity index (χ2v) is 10.7. The van der Waals surface area contributed by atoms with E-state index in [9.17, 15) is 13.2 Å². The third-order valence-electron chi connectivity index (χ3n) is 6.17. The molecule has 2 aromatic rings. The highest BCUT2D eigenvalue weighted by atomic mass is 32.2. The first-order valence-electron chi connectivity index (χ1n) is 10.9. The van der Waals surface area contributed by atoms with Gasteiger partial charge in [-0.25, -0.2) is 9.52 Å². The summed E-state index contributed by atoms with van der Waals surface area (Å²) in [7, 11) is -5.58. The first-order chi connectivity index (χ1) is 15.1. The fourth-order valence-electron chi connectivity index (χ4n) is 4.49. The molecule has 0 spiro atoms. The van der Waals surface area contributed by atoms with Crippen molar-refractivity contribution in [3.05, 3.63) is 34.8 Å². The van der Waals surface area contributed by atoms with E-state index in [1.165, 1.54) is 16.9 Å². The van der Waals surface area contributed by atoms with Gasteiger partial charge in [-0.3, -0.25) is 9.67 Å². The van der Waals surface area contributed by atoms with E-state index in [1.54, 1.807) is 0 Å². The molecule has 0 atom stereocenters. The fourth-order valence-corrected chi connectivity index (χ4v) is 5.35. The summed E-state index contributed by atoms with van der Waals surface area (Å²) in [6.45, 7) is 4.60. The van der Waals surface area contributed by atoms with Crippen LogP contribution in [-0.2, 0) is 41.2 Å². The fraction of sp³-hybridized carbons (Fsp3) is 0.550. The summed E-state index contributed by atoms with van der Waals surface area (Å²) in [4.78, 5) is 17.6. The number of nitrogens with one attached hydrogen (secondary N) is 2. The zero-order chi connectivity index (χ0) is 23.1. The number of aromatic nitrogens is 3. The Labute approximate surface area is 187 Å². The third-order valence-corrected chi connectivity index (χ3v) is 7.40. The molecule has 2 aromatic heterocycles. The molecule has 2 amide bonds. The Morgan fingerprint density at radius 2 is 2.03 bits per heavy atom. The number of hydrogen-bond donors (Lipinski definition) is 4. The van der Waals surface area contributed by atoms with E-state index in [-0.39, 0.29) is 16.8 Å². The van der Waals surface area contributed by atoms with Crippen molar-refractivity contribution < 1.29 is 23.3 Å². The van der Waals surface area contributed by atoms with Gasteiger partial charge in [-0.1, -0.05) is 13.8 Å². The monoisotopic (exact) mass is 461 g/mol. The largest absolute Gasteiger partial charge is 0.451 e. The number of aryl methyl sites for hydroxylation is 2. The Morgan fingerprint density at radius 3 is 2.78 bits per heavy atom. The standard InChI is InChI=1S/C20H28BN5O5S/c1-20(2)9-7-14-17(13-5-3-6-15(13)22-18(14)20)23-19(27)25-32(30,31)16-8-12-26(24-16)11-4-10-21(28)29/h8,12,28-29H,3-7,9-11H2,1-2H3,(H2,22,23,25,27). The SMILES string of the molecule is CC1(C)CCc2c1nc1c(c2NC(=O)NS(=O)(=O)c2ccn(CCCB(O)O)n2)CCC1. The minimum Gasteiger partial charge on any atom is -0.427 e. The topological polar surface area (TPSA) is 146 Å². The summed E-state index contributed by atoms with van der Waals surface area (Å²) in [5.74, 6) is 0. The van der Waals surface area contributed by atoms with Gasteiger partial charge in [0, 0.05) is 23.9 Å². The number of sulfonamides is 1. The van der Waals surface area contributed by atoms with Crippen molar-refractivity contribution in [3.63, 3.8) is 0 Å². The van der Waals surface area contributed by atoms with Gasteiger partial charge in [-0.2, -0.15) is 13.5 Å². The van der Waals surface area contributed by atoms with E-state index >= 15 is 0 Å². The Bertz CT molecular complexity index is 1150. The van der Waals surface area contributed by atoms with Crippen LogP contribution >= 0.6 is 0 Å². The van der Waals surface area contributed by atoms with Gasteiger partial charge < -0.3 is 15.4 Å². The number of carbonyl (C=O) groups excluding carboxylic acids is 1. The number of rotatable bonds is 7. The lowest BCUT2D eigenvalue weighted by Gasteiger charge is -2.21. The van der Waals surface area contributed by atoms with Crippen molar-refractivity contribution in [3.8, 4) is 0 Å². The molecule has 0 radical (unpaired) electrons. The van der Waals surface area contributed by atoms with Crippen LogP contribution in [0.3, 0.4) is 0 Å². The van der Waals surface area contributed by atoms with Gasteiger partial charge in [-0.05, 0) is 62.0 Å². The summed E-state index contributed by atoms with van der Waals surface area (Å²) in [6.07, 6.45) is 6.39. The van der Waals surface area contributed by atoms with Crippen LogP contribution in [0.5, 0.6) is 0 Å². The van der Waals surface area contributed by atoms with Gasteiger partial charge in [0.25, 0.3) is 10.0 Å². The molecule has 0 bridgehead atoms. The minimum atomic E-state index is -4.16. The molecule has 0 saturated heterocycles. The summed E-state index contributed by atoms with van der Waals surface area (Å²) in [5.41, 5.74) is 4.61. The highest BCUT2D eigenvalue weighted by Crippen LogP contribution is 2.44. The Morgan fingerprint density at radius 1 is 1.25 bits per heavy atom. The summed E-state index contributed by atoms with van der Waals surface area (Å²) in [5, 5.41) is 24.3. The first-order valence-corrected chi connectivity index (χ1v) is 12.3. The molecule has 10 nitrogen and oxygen atoms in total. The molecule has 0 aliphatic heterocycles. The van der Waals surface area contributed by atoms with Gasteiger partial charge in [0.15, 0.2) is 5.03 Å². The van der Waals surface area contributed by atoms with E-state index in [4.69, 9.17) is 15.0 Å². The Kier molecular flexibility index (Phi) is 6.03. The first kappa shape index (κ1) is 22.7. The molecule has 12 heteroatoms. The highest BCUT2D eigenvalue weighted by Gasteiger charge is 2.36. The molecular weight excluding hydrogens is 433 g/mol. The number of nitrogens with zero attached hydrogens (tertiary/aromatic N) is 3. The number of pyridine rings is 1. The zero-order valence-electron chi connectivity index (χ0n) is 18.3. The van der Waals surface area contributed by atoms with Crippen molar-refractivity contribution in [1.29, 1.82) is 0 Å². The van der Waals surface area contributed by atoms with Crippen LogP contribution in [0.1, 0.15) is 55.6 Å². The molecule has 172 valence electrons. The Hall–Kier alpha value is -2.44. The summed E-state index contributed by atoms with van der Waals surface area (Å²) >= 11 is 0. The van der Waals surface area contributed by atoms with Gasteiger partial charge in [0.2, 0.25) is 0 Å². The molecule has 0 unspecified atom stereocenters. The average Bonchev–Trinajstić information content (AvgIpc) is 3.41. The van der Waals surface area contributed by atoms with E-state index in [0.717, 1.165) is 54.6 Å². The van der Waals surface area contributed by atoms with Crippen LogP contribution in [-0.4, -0.2) is 46.4 Å². The minimum absolute atomic E-state index is 0.0785. The van der Waals surface area contributed by atoms with Crippen LogP contribution in [0.4, 0.5) is 10.5 Å². The third kappa shape index (κ3) is 4.53. The smallest absolute Gasteiger partial charge is 0.427 e. The number of hydrogen-bond acceptors (Lipinski definition) is 7. The average molecular weight is 461 g/mol. The Balaban J connectivity index is 1.50. The molecule has 0 saturated carbocycles. The summed E-state index contributed by atoms with van der Waals surface area (Å²) < 4.78 is 28.8. The maximum absolute atomic E-state index is 12.7. The number of amides is 2. The van der Waals surface area contributed by atoms with Crippen LogP contribution in [0, 0.1) is 0 Å². The lowest BCUT2D eigenvalue weighted by Crippen LogP contribution is -2.35. The molecule has 2 aliphatic carbocycles. The van der Waals surface area contributed by atoms with Crippen molar-refractivity contribution in [2.45, 2.75) is 75.7 Å². The van der Waals surface area contributed by atoms with Crippen molar-refractivity contribution in [1.82, 2.24) is 19.5 Å². The quantitative estimate of drug-likeness (QED) is 0.456. The molecule has 0 fully saturated rings. The van der Waals surface area contributed by atoms with Crippen LogP contribution in [0.15, 0.2) is 17.3 Å². The molecule has 2 heterocycles. The van der Waals surface area contributed by atoms with Gasteiger partial charge >= 0.3 is 13.1 Å². The van der Waals surface area contributed by atoms with E-state index in [1.807, 2.05) is 0 Å². The normalized spacial score (nSPS) is 16.5. The molecule has 4 N–H and O–H groups in total. The van der Waals surface area contributed by atoms with Crippen LogP contribution < -0.4 is 10.0 Å². The molecule has 2 aliphatic rings. The highest BCUT2D eigenvalue weighted by molar-refractivity contribution is 7.90. The number of urea groups is 1. The number of carbonyl (C=O) groups is 1. The lowest BCUT2D eigenvalue weighted by atomic mass is 9.85. The predicted octanol–water partition coefficient (Wildman–Crippen LogP) is 1.36. The van der Waals surface area contributed by atoms with Crippen molar-refractivity contribution in [2.75, 3.05) is 5.32 Å². The lowest BCUT2D eigenvalue weighted by molar-refractivity contribution is 0.256. The number of fused-ring (bicyclic) bond motifs is 2. The van der Waals surface area contributed by atoms with Gasteiger partial charge in [0.05, 0.1) is 11.4 Å². The molecule has 0 aromatic carbocycles. The van der Waals surface area contributed by atoms with Crippen molar-refractivity contribution >= 4 is 28.9 Å². The van der Waals surface area contributed by atoms with Crippen LogP contribution in [0.2, 0.25) is 6.32 Å². The predicted molar refractivity (Wildman–Crippen MR) is 119 cm³/mol. The summed E-state index contributed by atoms with van der Waals surface area (Å²) in [6, 6.07) is 0.477. The van der Waals surface area contributed by atoms with Gasteiger partial charge in [0.1, 0.15) is 0 Å². The molecule has 32 heavy (non-hydrogen) atoms. The van der Waals surface area contributed by atoms with E-state index < -0.39 is 23.2 Å². The zero-order valence-corrected chi connectivity index (χ0v) is 19.1. The maximum Gasteiger partial charge on any atom is 0.451 e. The van der Waals surface area contributed by atoms with E-state index in [2.05, 4.69) is 29.0 Å². The van der Waals surface area contributed by atoms with E-state index in [0.29, 0.717) is 18.7 Å². The van der Waals surface area contributed by atoms with Crippen molar-refractivity contribution in [2.24, 2.45) is 0 Å². The molecule has 4 rings (SSSR count).